The van der Waals surface area contributed by atoms with Gasteiger partial charge >= 0.3 is 0 Å². The number of fused-ring (bicyclic) bond motifs is 1. The Hall–Kier alpha value is -4.30. The molecule has 2 heterocycles. The molecule has 0 aliphatic carbocycles. The Balaban J connectivity index is 1.50. The number of carbonyl (C=O) groups excluding carboxylic acids is 1. The van der Waals surface area contributed by atoms with Crippen LogP contribution in [0.5, 0.6) is 11.5 Å². The minimum absolute atomic E-state index is 0.266. The molecule has 1 aliphatic heterocycles. The second-order valence-corrected chi connectivity index (χ2v) is 8.60. The quantitative estimate of drug-likeness (QED) is 0.350. The Bertz CT molecular complexity index is 1430. The van der Waals surface area contributed by atoms with E-state index in [1.165, 1.54) is 6.33 Å². The topological polar surface area (TPSA) is 90.3 Å². The average molecular weight is 502 g/mol. The molecule has 0 bridgehead atoms. The van der Waals surface area contributed by atoms with E-state index in [0.717, 1.165) is 11.1 Å². The Labute approximate surface area is 213 Å². The third-order valence-corrected chi connectivity index (χ3v) is 6.31. The van der Waals surface area contributed by atoms with E-state index in [2.05, 4.69) is 20.7 Å². The molecule has 3 aromatic carbocycles. The van der Waals surface area contributed by atoms with Gasteiger partial charge in [-0.25, -0.2) is 4.68 Å². The predicted octanol–water partition coefficient (Wildman–Crippen LogP) is 5.45. The predicted molar refractivity (Wildman–Crippen MR) is 138 cm³/mol. The molecule has 9 heteroatoms. The van der Waals surface area contributed by atoms with Gasteiger partial charge in [-0.15, -0.1) is 0 Å². The van der Waals surface area contributed by atoms with Crippen molar-refractivity contribution < 1.29 is 14.3 Å². The molecule has 0 radical (unpaired) electrons. The zero-order chi connectivity index (χ0) is 25.1. The number of para-hydroxylation sites is 1. The number of allylic oxidation sites excluding steroid dienone is 1. The van der Waals surface area contributed by atoms with E-state index >= 15 is 0 Å². The Morgan fingerprint density at radius 1 is 1.08 bits per heavy atom. The van der Waals surface area contributed by atoms with E-state index in [9.17, 15) is 4.79 Å². The van der Waals surface area contributed by atoms with Crippen molar-refractivity contribution in [1.82, 2.24) is 14.8 Å². The molecule has 1 amide bonds. The first-order valence-electron chi connectivity index (χ1n) is 11.3. The number of hydrogen-bond donors (Lipinski definition) is 2. The molecule has 0 spiro atoms. The molecule has 0 unspecified atom stereocenters. The molecule has 0 saturated carbocycles. The number of amides is 1. The van der Waals surface area contributed by atoms with Crippen LogP contribution in [0.3, 0.4) is 0 Å². The van der Waals surface area contributed by atoms with Gasteiger partial charge in [0.15, 0.2) is 0 Å². The summed E-state index contributed by atoms with van der Waals surface area (Å²) in [5.74, 6) is 1.60. The molecule has 8 nitrogen and oxygen atoms in total. The van der Waals surface area contributed by atoms with Gasteiger partial charge in [-0.2, -0.15) is 10.1 Å². The lowest BCUT2D eigenvalue weighted by Gasteiger charge is -2.29. The van der Waals surface area contributed by atoms with Crippen LogP contribution in [0.2, 0.25) is 5.02 Å². The van der Waals surface area contributed by atoms with Gasteiger partial charge in [0.05, 0.1) is 12.7 Å². The fraction of sp³-hybridized carbons (Fsp3) is 0.148. The van der Waals surface area contributed by atoms with E-state index in [0.29, 0.717) is 39.4 Å². The summed E-state index contributed by atoms with van der Waals surface area (Å²) < 4.78 is 13.1. The maximum Gasteiger partial charge on any atom is 0.255 e. The summed E-state index contributed by atoms with van der Waals surface area (Å²) in [7, 11) is 1.60. The molecule has 1 aromatic heterocycles. The Morgan fingerprint density at radius 2 is 1.83 bits per heavy atom. The van der Waals surface area contributed by atoms with Gasteiger partial charge in [-0.1, -0.05) is 48.0 Å². The summed E-state index contributed by atoms with van der Waals surface area (Å²) in [5.41, 5.74) is 3.46. The van der Waals surface area contributed by atoms with Crippen LogP contribution in [0, 0.1) is 0 Å². The first-order chi connectivity index (χ1) is 17.5. The number of halogens is 1. The number of rotatable bonds is 7. The zero-order valence-corrected chi connectivity index (χ0v) is 20.5. The fourth-order valence-corrected chi connectivity index (χ4v) is 4.34. The SMILES string of the molecule is COc1ccc(NC(=O)C2=C(C)Nc3ncnn3[C@H]2c2ccccc2OCc2ccccc2Cl)cc1. The molecule has 2 N–H and O–H groups in total. The van der Waals surface area contributed by atoms with Crippen molar-refractivity contribution >= 4 is 29.1 Å². The first-order valence-corrected chi connectivity index (χ1v) is 11.7. The summed E-state index contributed by atoms with van der Waals surface area (Å²) in [6.45, 7) is 2.13. The minimum atomic E-state index is -0.565. The lowest BCUT2D eigenvalue weighted by molar-refractivity contribution is -0.113. The van der Waals surface area contributed by atoms with Crippen molar-refractivity contribution in [3.05, 3.63) is 107 Å². The summed E-state index contributed by atoms with van der Waals surface area (Å²) in [4.78, 5) is 17.9. The Morgan fingerprint density at radius 3 is 2.61 bits per heavy atom. The Kier molecular flexibility index (Phi) is 6.60. The second kappa shape index (κ2) is 10.1. The van der Waals surface area contributed by atoms with E-state index in [4.69, 9.17) is 21.1 Å². The molecule has 0 saturated heterocycles. The van der Waals surface area contributed by atoms with Gasteiger partial charge in [-0.3, -0.25) is 4.79 Å². The largest absolute Gasteiger partial charge is 0.497 e. The highest BCUT2D eigenvalue weighted by molar-refractivity contribution is 6.31. The molecule has 1 atom stereocenters. The molecule has 182 valence electrons. The number of nitrogens with one attached hydrogen (secondary N) is 2. The minimum Gasteiger partial charge on any atom is -0.497 e. The van der Waals surface area contributed by atoms with Gasteiger partial charge in [0.25, 0.3) is 5.91 Å². The van der Waals surface area contributed by atoms with Crippen molar-refractivity contribution in [3.8, 4) is 11.5 Å². The third-order valence-electron chi connectivity index (χ3n) is 5.94. The maximum absolute atomic E-state index is 13.6. The van der Waals surface area contributed by atoms with Crippen molar-refractivity contribution in [1.29, 1.82) is 0 Å². The summed E-state index contributed by atoms with van der Waals surface area (Å²) in [5, 5.41) is 11.2. The highest BCUT2D eigenvalue weighted by atomic mass is 35.5. The van der Waals surface area contributed by atoms with Crippen molar-refractivity contribution in [2.75, 3.05) is 17.7 Å². The highest BCUT2D eigenvalue weighted by Gasteiger charge is 2.35. The number of ether oxygens (including phenoxy) is 2. The number of anilines is 2. The van der Waals surface area contributed by atoms with E-state index < -0.39 is 6.04 Å². The second-order valence-electron chi connectivity index (χ2n) is 8.19. The summed E-state index contributed by atoms with van der Waals surface area (Å²) in [6.07, 6.45) is 1.46. The lowest BCUT2D eigenvalue weighted by atomic mass is 9.94. The van der Waals surface area contributed by atoms with Gasteiger partial charge in [0.1, 0.15) is 30.5 Å². The van der Waals surface area contributed by atoms with E-state index in [-0.39, 0.29) is 12.5 Å². The van der Waals surface area contributed by atoms with Crippen molar-refractivity contribution in [3.63, 3.8) is 0 Å². The molecule has 1 aliphatic rings. The monoisotopic (exact) mass is 501 g/mol. The fourth-order valence-electron chi connectivity index (χ4n) is 4.15. The van der Waals surface area contributed by atoms with Gasteiger partial charge in [-0.05, 0) is 43.3 Å². The van der Waals surface area contributed by atoms with Gasteiger partial charge in [0, 0.05) is 27.5 Å². The van der Waals surface area contributed by atoms with E-state index in [1.807, 2.05) is 55.5 Å². The standard InChI is InChI=1S/C27H24ClN5O3/c1-17-24(26(34)32-19-11-13-20(35-2)14-12-19)25(33-27(31-17)29-16-30-33)21-8-4-6-10-23(21)36-15-18-7-3-5-9-22(18)28/h3-14,16,25H,15H2,1-2H3,(H,32,34)(H,29,30,31)/t25-/m0/s1. The average Bonchev–Trinajstić information content (AvgIpc) is 3.36. The van der Waals surface area contributed by atoms with Gasteiger partial charge in [0.2, 0.25) is 5.95 Å². The first kappa shape index (κ1) is 23.4. The van der Waals surface area contributed by atoms with Crippen LogP contribution in [0.1, 0.15) is 24.1 Å². The number of benzene rings is 3. The van der Waals surface area contributed by atoms with Crippen molar-refractivity contribution in [2.45, 2.75) is 19.6 Å². The van der Waals surface area contributed by atoms with Crippen LogP contribution in [-0.2, 0) is 11.4 Å². The van der Waals surface area contributed by atoms with Crippen LogP contribution in [-0.4, -0.2) is 27.8 Å². The van der Waals surface area contributed by atoms with Crippen LogP contribution < -0.4 is 20.1 Å². The number of carbonyl (C=O) groups is 1. The van der Waals surface area contributed by atoms with Crippen LogP contribution in [0.25, 0.3) is 0 Å². The smallest absolute Gasteiger partial charge is 0.255 e. The van der Waals surface area contributed by atoms with E-state index in [1.54, 1.807) is 36.1 Å². The number of aromatic nitrogens is 3. The number of nitrogens with zero attached hydrogens (tertiary/aromatic N) is 3. The molecular formula is C27H24ClN5O3. The maximum atomic E-state index is 13.6. The normalized spacial score (nSPS) is 14.6. The molecule has 0 fully saturated rings. The van der Waals surface area contributed by atoms with Crippen LogP contribution in [0.15, 0.2) is 90.4 Å². The molecule has 5 rings (SSSR count). The van der Waals surface area contributed by atoms with Crippen molar-refractivity contribution in [2.24, 2.45) is 0 Å². The molecule has 36 heavy (non-hydrogen) atoms. The van der Waals surface area contributed by atoms with Crippen LogP contribution in [0.4, 0.5) is 11.6 Å². The lowest BCUT2D eigenvalue weighted by Crippen LogP contribution is -2.31. The van der Waals surface area contributed by atoms with Crippen LogP contribution >= 0.6 is 11.6 Å². The molecule has 4 aromatic rings. The highest BCUT2D eigenvalue weighted by Crippen LogP contribution is 2.39. The number of methoxy groups -OCH3 is 1. The summed E-state index contributed by atoms with van der Waals surface area (Å²) in [6, 6.07) is 21.7. The summed E-state index contributed by atoms with van der Waals surface area (Å²) >= 11 is 6.33. The zero-order valence-electron chi connectivity index (χ0n) is 19.7. The van der Waals surface area contributed by atoms with Gasteiger partial charge < -0.3 is 20.1 Å². The third kappa shape index (κ3) is 4.63. The number of hydrogen-bond acceptors (Lipinski definition) is 6. The molecular weight excluding hydrogens is 478 g/mol.